The number of rotatable bonds is 2. The van der Waals surface area contributed by atoms with Crippen LogP contribution >= 0.6 is 15.9 Å². The molecule has 0 unspecified atom stereocenters. The molecule has 1 atom stereocenters. The lowest BCUT2D eigenvalue weighted by Gasteiger charge is -2.23. The molecular weight excluding hydrogens is 330 g/mol. The third-order valence-corrected chi connectivity index (χ3v) is 5.76. The van der Waals surface area contributed by atoms with E-state index in [0.29, 0.717) is 13.0 Å². The van der Waals surface area contributed by atoms with Crippen LogP contribution in [0.3, 0.4) is 0 Å². The van der Waals surface area contributed by atoms with E-state index in [4.69, 9.17) is 0 Å². The number of aliphatic hydroxyl groups is 1. The lowest BCUT2D eigenvalue weighted by atomic mass is 10.1. The smallest absolute Gasteiger partial charge is 0.152 e. The zero-order chi connectivity index (χ0) is 14.0. The molecule has 0 spiro atoms. The van der Waals surface area contributed by atoms with Crippen molar-refractivity contribution < 1.29 is 13.5 Å². The number of anilines is 1. The lowest BCUT2D eigenvalue weighted by molar-refractivity contribution is 0.198. The molecule has 1 heterocycles. The highest BCUT2D eigenvalue weighted by Crippen LogP contribution is 2.28. The average Bonchev–Trinajstić information content (AvgIpc) is 2.49. The summed E-state index contributed by atoms with van der Waals surface area (Å²) in [5.41, 5.74) is 1.83. The maximum absolute atomic E-state index is 11.6. The average molecular weight is 348 g/mol. The van der Waals surface area contributed by atoms with Crippen molar-refractivity contribution in [2.24, 2.45) is 0 Å². The topological polar surface area (TPSA) is 57.6 Å². The summed E-state index contributed by atoms with van der Waals surface area (Å²) in [5.74, 6) is 0.485. The summed E-state index contributed by atoms with van der Waals surface area (Å²) in [6.45, 7) is 3.00. The fourth-order valence-corrected chi connectivity index (χ4v) is 4.22. The fourth-order valence-electron chi connectivity index (χ4n) is 2.25. The number of benzene rings is 1. The summed E-state index contributed by atoms with van der Waals surface area (Å²) < 4.78 is 24.0. The Balaban J connectivity index is 2.20. The molecule has 1 saturated heterocycles. The first-order chi connectivity index (χ1) is 8.89. The molecule has 4 nitrogen and oxygen atoms in total. The van der Waals surface area contributed by atoms with Crippen molar-refractivity contribution in [1.29, 1.82) is 0 Å². The minimum atomic E-state index is -2.89. The van der Waals surface area contributed by atoms with Gasteiger partial charge in [-0.25, -0.2) is 8.42 Å². The zero-order valence-corrected chi connectivity index (χ0v) is 13.2. The molecule has 1 aromatic carbocycles. The third kappa shape index (κ3) is 3.70. The molecule has 1 aliphatic rings. The van der Waals surface area contributed by atoms with Crippen molar-refractivity contribution in [3.63, 3.8) is 0 Å². The van der Waals surface area contributed by atoms with Crippen LogP contribution in [0.1, 0.15) is 25.0 Å². The monoisotopic (exact) mass is 347 g/mol. The Bertz CT molecular complexity index is 557. The Morgan fingerprint density at radius 2 is 2.05 bits per heavy atom. The van der Waals surface area contributed by atoms with Gasteiger partial charge in [0.1, 0.15) is 0 Å². The Kier molecular flexibility index (Phi) is 4.53. The fraction of sp³-hybridized carbons (Fsp3) is 0.538. The van der Waals surface area contributed by atoms with Crippen LogP contribution in [-0.2, 0) is 9.84 Å². The summed E-state index contributed by atoms with van der Waals surface area (Å²) in [7, 11) is -2.89. The van der Waals surface area contributed by atoms with Gasteiger partial charge in [0, 0.05) is 23.2 Å². The second-order valence-corrected chi connectivity index (χ2v) is 8.03. The molecule has 0 aromatic heterocycles. The molecule has 6 heteroatoms. The van der Waals surface area contributed by atoms with Gasteiger partial charge in [0.2, 0.25) is 0 Å². The standard InChI is InChI=1S/C13H18BrNO3S/c1-10(16)12-4-3-11(9-13(12)14)15-5-2-7-19(17,18)8-6-15/h3-4,9-10,16H,2,5-8H2,1H3/t10-/m0/s1. The molecule has 0 saturated carbocycles. The molecule has 1 aliphatic heterocycles. The molecule has 0 amide bonds. The molecule has 19 heavy (non-hydrogen) atoms. The molecule has 2 rings (SSSR count). The first-order valence-electron chi connectivity index (χ1n) is 6.32. The van der Waals surface area contributed by atoms with E-state index in [0.717, 1.165) is 22.3 Å². The summed E-state index contributed by atoms with van der Waals surface area (Å²) in [4.78, 5) is 2.08. The summed E-state index contributed by atoms with van der Waals surface area (Å²) in [5, 5.41) is 9.60. The summed E-state index contributed by atoms with van der Waals surface area (Å²) in [6.07, 6.45) is 0.144. The molecule has 0 bridgehead atoms. The Morgan fingerprint density at radius 1 is 1.32 bits per heavy atom. The number of halogens is 1. The van der Waals surface area contributed by atoms with Crippen LogP contribution in [0, 0.1) is 0 Å². The van der Waals surface area contributed by atoms with Crippen LogP contribution in [0.5, 0.6) is 0 Å². The van der Waals surface area contributed by atoms with Gasteiger partial charge in [0.15, 0.2) is 9.84 Å². The number of nitrogens with zero attached hydrogens (tertiary/aromatic N) is 1. The molecule has 106 valence electrons. The molecular formula is C13H18BrNO3S. The van der Waals surface area contributed by atoms with Gasteiger partial charge in [-0.2, -0.15) is 0 Å². The van der Waals surface area contributed by atoms with Crippen LogP contribution in [0.15, 0.2) is 22.7 Å². The maximum atomic E-state index is 11.6. The van der Waals surface area contributed by atoms with Gasteiger partial charge < -0.3 is 10.0 Å². The van der Waals surface area contributed by atoms with E-state index in [2.05, 4.69) is 20.8 Å². The highest BCUT2D eigenvalue weighted by molar-refractivity contribution is 9.10. The number of hydrogen-bond acceptors (Lipinski definition) is 4. The van der Waals surface area contributed by atoms with E-state index in [1.165, 1.54) is 0 Å². The van der Waals surface area contributed by atoms with Crippen LogP contribution in [0.25, 0.3) is 0 Å². The summed E-state index contributed by atoms with van der Waals surface area (Å²) in [6, 6.07) is 5.76. The first-order valence-corrected chi connectivity index (χ1v) is 8.93. The minimum Gasteiger partial charge on any atom is -0.389 e. The van der Waals surface area contributed by atoms with Crippen LogP contribution in [0.2, 0.25) is 0 Å². The van der Waals surface area contributed by atoms with Crippen molar-refractivity contribution in [3.05, 3.63) is 28.2 Å². The predicted octanol–water partition coefficient (Wildman–Crippen LogP) is 2.13. The van der Waals surface area contributed by atoms with Gasteiger partial charge >= 0.3 is 0 Å². The lowest BCUT2D eigenvalue weighted by Crippen LogP contribution is -2.26. The number of sulfone groups is 1. The highest BCUT2D eigenvalue weighted by Gasteiger charge is 2.20. The van der Waals surface area contributed by atoms with Crippen molar-refractivity contribution in [2.75, 3.05) is 29.5 Å². The predicted molar refractivity (Wildman–Crippen MR) is 80.3 cm³/mol. The molecule has 1 aromatic rings. The van der Waals surface area contributed by atoms with Gasteiger partial charge in [0.25, 0.3) is 0 Å². The van der Waals surface area contributed by atoms with E-state index in [-0.39, 0.29) is 11.5 Å². The Labute approximate surface area is 122 Å². The van der Waals surface area contributed by atoms with E-state index in [9.17, 15) is 13.5 Å². The van der Waals surface area contributed by atoms with E-state index >= 15 is 0 Å². The Hall–Kier alpha value is -0.590. The van der Waals surface area contributed by atoms with Crippen LogP contribution in [0.4, 0.5) is 5.69 Å². The van der Waals surface area contributed by atoms with Gasteiger partial charge in [0.05, 0.1) is 17.6 Å². The van der Waals surface area contributed by atoms with Gasteiger partial charge in [-0.3, -0.25) is 0 Å². The summed E-state index contributed by atoms with van der Waals surface area (Å²) >= 11 is 3.45. The third-order valence-electron chi connectivity index (χ3n) is 3.35. The van der Waals surface area contributed by atoms with Crippen molar-refractivity contribution >= 4 is 31.5 Å². The molecule has 1 N–H and O–H groups in total. The SMILES string of the molecule is C[C@H](O)c1ccc(N2CCCS(=O)(=O)CC2)cc1Br. The zero-order valence-electron chi connectivity index (χ0n) is 10.8. The van der Waals surface area contributed by atoms with Crippen molar-refractivity contribution in [3.8, 4) is 0 Å². The van der Waals surface area contributed by atoms with Crippen LogP contribution < -0.4 is 4.90 Å². The minimum absolute atomic E-state index is 0.211. The Morgan fingerprint density at radius 3 is 2.68 bits per heavy atom. The van der Waals surface area contributed by atoms with Gasteiger partial charge in [-0.15, -0.1) is 0 Å². The van der Waals surface area contributed by atoms with Crippen LogP contribution in [-0.4, -0.2) is 38.1 Å². The van der Waals surface area contributed by atoms with Gasteiger partial charge in [-0.05, 0) is 31.0 Å². The first kappa shape index (κ1) is 14.8. The van der Waals surface area contributed by atoms with Crippen molar-refractivity contribution in [1.82, 2.24) is 0 Å². The van der Waals surface area contributed by atoms with E-state index in [1.54, 1.807) is 6.92 Å². The molecule has 0 aliphatic carbocycles. The molecule has 1 fully saturated rings. The number of aliphatic hydroxyl groups excluding tert-OH is 1. The second-order valence-electron chi connectivity index (χ2n) is 4.87. The van der Waals surface area contributed by atoms with Gasteiger partial charge in [-0.1, -0.05) is 22.0 Å². The van der Waals surface area contributed by atoms with E-state index < -0.39 is 15.9 Å². The number of hydrogen-bond donors (Lipinski definition) is 1. The molecule has 0 radical (unpaired) electrons. The highest BCUT2D eigenvalue weighted by atomic mass is 79.9. The quantitative estimate of drug-likeness (QED) is 0.890. The van der Waals surface area contributed by atoms with Crippen molar-refractivity contribution in [2.45, 2.75) is 19.4 Å². The second kappa shape index (κ2) is 5.81. The largest absolute Gasteiger partial charge is 0.389 e. The van der Waals surface area contributed by atoms with E-state index in [1.807, 2.05) is 18.2 Å². The maximum Gasteiger partial charge on any atom is 0.152 e. The normalized spacial score (nSPS) is 20.9.